The highest BCUT2D eigenvalue weighted by Crippen LogP contribution is 2.17. The smallest absolute Gasteiger partial charge is 0.255 e. The first-order valence-corrected chi connectivity index (χ1v) is 6.49. The van der Waals surface area contributed by atoms with Crippen LogP contribution in [0.2, 0.25) is 0 Å². The maximum Gasteiger partial charge on any atom is 0.255 e. The molecule has 0 bridgehead atoms. The molecule has 0 radical (unpaired) electrons. The van der Waals surface area contributed by atoms with Crippen LogP contribution in [0.5, 0.6) is 0 Å². The van der Waals surface area contributed by atoms with Crippen LogP contribution in [0.4, 0.5) is 0 Å². The third-order valence-electron chi connectivity index (χ3n) is 3.47. The lowest BCUT2D eigenvalue weighted by Crippen LogP contribution is -2.25. The third-order valence-corrected chi connectivity index (χ3v) is 3.47. The predicted octanol–water partition coefficient (Wildman–Crippen LogP) is 1.24. The summed E-state index contributed by atoms with van der Waals surface area (Å²) in [4.78, 5) is 12.2. The Morgan fingerprint density at radius 2 is 2.00 bits per heavy atom. The number of fused-ring (bicyclic) bond motifs is 1. The van der Waals surface area contributed by atoms with Gasteiger partial charge in [0.05, 0.1) is 17.8 Å². The first-order chi connectivity index (χ1) is 9.70. The summed E-state index contributed by atoms with van der Waals surface area (Å²) >= 11 is 0. The summed E-state index contributed by atoms with van der Waals surface area (Å²) in [5, 5.41) is 5.58. The normalized spacial score (nSPS) is 11.1. The number of rotatable bonds is 3. The van der Waals surface area contributed by atoms with E-state index in [1.165, 1.54) is 0 Å². The minimum Gasteiger partial charge on any atom is -0.326 e. The van der Waals surface area contributed by atoms with Gasteiger partial charge in [-0.1, -0.05) is 24.3 Å². The maximum absolute atomic E-state index is 12.2. The van der Waals surface area contributed by atoms with Gasteiger partial charge in [-0.15, -0.1) is 0 Å². The highest BCUT2D eigenvalue weighted by atomic mass is 16.1. The topological polar surface area (TPSA) is 65.8 Å². The lowest BCUT2D eigenvalue weighted by Gasteiger charge is -2.05. The molecule has 2 N–H and O–H groups in total. The summed E-state index contributed by atoms with van der Waals surface area (Å²) < 4.78 is 3.49. The van der Waals surface area contributed by atoms with Gasteiger partial charge in [0.25, 0.3) is 5.56 Å². The van der Waals surface area contributed by atoms with E-state index in [0.717, 1.165) is 16.6 Å². The van der Waals surface area contributed by atoms with Gasteiger partial charge in [0, 0.05) is 30.7 Å². The van der Waals surface area contributed by atoms with Gasteiger partial charge in [-0.05, 0) is 12.1 Å². The Labute approximate surface area is 116 Å². The molecule has 0 fully saturated rings. The predicted molar refractivity (Wildman–Crippen MR) is 78.4 cm³/mol. The number of hydrogen-bond donors (Lipinski definition) is 1. The van der Waals surface area contributed by atoms with Gasteiger partial charge < -0.3 is 10.3 Å². The monoisotopic (exact) mass is 268 g/mol. The zero-order valence-electron chi connectivity index (χ0n) is 11.3. The molecule has 2 aromatic heterocycles. The fraction of sp³-hybridized carbons (Fsp3) is 0.200. The number of benzene rings is 1. The van der Waals surface area contributed by atoms with Crippen LogP contribution in [0, 0.1) is 0 Å². The largest absolute Gasteiger partial charge is 0.326 e. The van der Waals surface area contributed by atoms with Crippen molar-refractivity contribution in [2.75, 3.05) is 0 Å². The zero-order valence-corrected chi connectivity index (χ0v) is 11.3. The number of aromatic nitrogens is 3. The van der Waals surface area contributed by atoms with E-state index in [9.17, 15) is 4.79 Å². The van der Waals surface area contributed by atoms with Crippen LogP contribution in [0.1, 0.15) is 11.3 Å². The van der Waals surface area contributed by atoms with Crippen molar-refractivity contribution < 1.29 is 0 Å². The third kappa shape index (κ3) is 2.02. The number of hydrogen-bond acceptors (Lipinski definition) is 3. The van der Waals surface area contributed by atoms with Crippen molar-refractivity contribution in [3.8, 4) is 0 Å². The molecular weight excluding hydrogens is 252 g/mol. The minimum absolute atomic E-state index is 0.0512. The summed E-state index contributed by atoms with van der Waals surface area (Å²) in [6.45, 7) is 0.705. The summed E-state index contributed by atoms with van der Waals surface area (Å²) in [6, 6.07) is 11.6. The molecule has 102 valence electrons. The van der Waals surface area contributed by atoms with Gasteiger partial charge in [-0.25, -0.2) is 0 Å². The van der Waals surface area contributed by atoms with Crippen molar-refractivity contribution >= 4 is 10.9 Å². The molecule has 0 atom stereocenters. The lowest BCUT2D eigenvalue weighted by molar-refractivity contribution is 0.694. The highest BCUT2D eigenvalue weighted by molar-refractivity contribution is 5.81. The van der Waals surface area contributed by atoms with E-state index in [4.69, 9.17) is 5.73 Å². The summed E-state index contributed by atoms with van der Waals surface area (Å²) in [6.07, 6.45) is 1.77. The molecule has 5 nitrogen and oxygen atoms in total. The van der Waals surface area contributed by atoms with E-state index in [1.54, 1.807) is 16.8 Å². The second-order valence-corrected chi connectivity index (χ2v) is 4.76. The van der Waals surface area contributed by atoms with Crippen LogP contribution in [-0.4, -0.2) is 14.3 Å². The molecule has 3 rings (SSSR count). The molecule has 3 aromatic rings. The molecule has 0 amide bonds. The molecule has 0 aliphatic carbocycles. The Morgan fingerprint density at radius 3 is 2.80 bits per heavy atom. The van der Waals surface area contributed by atoms with Gasteiger partial charge in [0.2, 0.25) is 0 Å². The Morgan fingerprint density at radius 1 is 1.20 bits per heavy atom. The first-order valence-electron chi connectivity index (χ1n) is 6.49. The average Bonchev–Trinajstić information content (AvgIpc) is 2.78. The molecule has 0 unspecified atom stereocenters. The SMILES string of the molecule is Cn1nc(Cn2cccc(CN)c2=O)c2ccccc21. The van der Waals surface area contributed by atoms with Crippen molar-refractivity contribution in [3.63, 3.8) is 0 Å². The van der Waals surface area contributed by atoms with Gasteiger partial charge in [-0.3, -0.25) is 9.48 Å². The van der Waals surface area contributed by atoms with Crippen LogP contribution in [0.25, 0.3) is 10.9 Å². The second kappa shape index (κ2) is 4.94. The van der Waals surface area contributed by atoms with Gasteiger partial charge in [0.15, 0.2) is 0 Å². The van der Waals surface area contributed by atoms with Crippen LogP contribution in [0.15, 0.2) is 47.4 Å². The van der Waals surface area contributed by atoms with Crippen molar-refractivity contribution in [2.24, 2.45) is 12.8 Å². The molecule has 0 spiro atoms. The molecule has 0 aliphatic heterocycles. The van der Waals surface area contributed by atoms with Gasteiger partial charge in [-0.2, -0.15) is 5.10 Å². The number of nitrogens with two attached hydrogens (primary N) is 1. The number of nitrogens with zero attached hydrogens (tertiary/aromatic N) is 3. The molecule has 0 saturated heterocycles. The van der Waals surface area contributed by atoms with E-state index >= 15 is 0 Å². The molecular formula is C15H16N4O. The Bertz CT molecular complexity index is 816. The molecule has 2 heterocycles. The quantitative estimate of drug-likeness (QED) is 0.777. The zero-order chi connectivity index (χ0) is 14.1. The minimum atomic E-state index is -0.0512. The number of para-hydroxylation sites is 1. The van der Waals surface area contributed by atoms with Crippen molar-refractivity contribution in [2.45, 2.75) is 13.1 Å². The average molecular weight is 268 g/mol. The standard InChI is InChI=1S/C15H16N4O/c1-18-14-7-3-2-6-12(14)13(17-18)10-19-8-4-5-11(9-16)15(19)20/h2-8H,9-10,16H2,1H3. The van der Waals surface area contributed by atoms with E-state index in [0.29, 0.717) is 12.1 Å². The molecule has 20 heavy (non-hydrogen) atoms. The number of pyridine rings is 1. The lowest BCUT2D eigenvalue weighted by atomic mass is 10.2. The summed E-state index contributed by atoms with van der Waals surface area (Å²) in [5.74, 6) is 0. The fourth-order valence-electron chi connectivity index (χ4n) is 2.43. The molecule has 5 heteroatoms. The van der Waals surface area contributed by atoms with Crippen molar-refractivity contribution in [1.82, 2.24) is 14.3 Å². The number of aryl methyl sites for hydroxylation is 1. The van der Waals surface area contributed by atoms with Gasteiger partial charge >= 0.3 is 0 Å². The Hall–Kier alpha value is -2.40. The second-order valence-electron chi connectivity index (χ2n) is 4.76. The van der Waals surface area contributed by atoms with Crippen LogP contribution >= 0.6 is 0 Å². The van der Waals surface area contributed by atoms with Crippen LogP contribution < -0.4 is 11.3 Å². The molecule has 0 aliphatic rings. The first kappa shape index (κ1) is 12.6. The highest BCUT2D eigenvalue weighted by Gasteiger charge is 2.09. The van der Waals surface area contributed by atoms with Crippen LogP contribution in [-0.2, 0) is 20.1 Å². The summed E-state index contributed by atoms with van der Waals surface area (Å²) in [7, 11) is 1.91. The van der Waals surface area contributed by atoms with Gasteiger partial charge in [0.1, 0.15) is 0 Å². The fourth-order valence-corrected chi connectivity index (χ4v) is 2.43. The van der Waals surface area contributed by atoms with Crippen molar-refractivity contribution in [3.05, 3.63) is 64.2 Å². The molecule has 1 aromatic carbocycles. The Kier molecular flexibility index (Phi) is 3.12. The molecule has 0 saturated carbocycles. The van der Waals surface area contributed by atoms with Crippen molar-refractivity contribution in [1.29, 1.82) is 0 Å². The van der Waals surface area contributed by atoms with E-state index in [-0.39, 0.29) is 12.1 Å². The van der Waals surface area contributed by atoms with E-state index < -0.39 is 0 Å². The van der Waals surface area contributed by atoms with E-state index in [2.05, 4.69) is 5.10 Å². The van der Waals surface area contributed by atoms with Crippen LogP contribution in [0.3, 0.4) is 0 Å². The Balaban J connectivity index is 2.08. The maximum atomic E-state index is 12.2. The summed E-state index contributed by atoms with van der Waals surface area (Å²) in [5.41, 5.74) is 8.09. The van der Waals surface area contributed by atoms with E-state index in [1.807, 2.05) is 42.1 Å².